The van der Waals surface area contributed by atoms with Crippen molar-refractivity contribution in [2.24, 2.45) is 0 Å². The van der Waals surface area contributed by atoms with Crippen LogP contribution >= 0.6 is 0 Å². The second kappa shape index (κ2) is 9.00. The minimum atomic E-state index is 0.846. The molecule has 1 aliphatic carbocycles. The maximum Gasteiger partial charge on any atom is 0.106 e. The summed E-state index contributed by atoms with van der Waals surface area (Å²) >= 11 is 0. The van der Waals surface area contributed by atoms with Crippen molar-refractivity contribution in [2.45, 2.75) is 18.8 Å². The molecule has 1 heterocycles. The number of nitrogens with zero attached hydrogens (tertiary/aromatic N) is 2. The van der Waals surface area contributed by atoms with Gasteiger partial charge < -0.3 is 9.63 Å². The van der Waals surface area contributed by atoms with E-state index in [1.54, 1.807) is 12.2 Å². The van der Waals surface area contributed by atoms with Crippen LogP contribution in [0.2, 0.25) is 0 Å². The van der Waals surface area contributed by atoms with Crippen LogP contribution in [0.4, 0.5) is 0 Å². The minimum Gasteiger partial charge on any atom is -0.307 e. The molecule has 0 atom stereocenters. The fraction of sp³-hybridized carbons (Fsp3) is 0.500. The SMILES string of the molecule is C=O.CON(C)C.c1cncc(C2CC2)c1. The summed E-state index contributed by atoms with van der Waals surface area (Å²) in [6, 6.07) is 4.16. The molecular weight excluding hydrogens is 204 g/mol. The third-order valence-corrected chi connectivity index (χ3v) is 2.10. The van der Waals surface area contributed by atoms with E-state index in [1.807, 2.05) is 39.3 Å². The third-order valence-electron chi connectivity index (χ3n) is 2.10. The van der Waals surface area contributed by atoms with Gasteiger partial charge in [0.1, 0.15) is 6.79 Å². The number of carbonyl (C=O) groups is 1. The molecule has 1 fully saturated rings. The van der Waals surface area contributed by atoms with Crippen molar-refractivity contribution in [1.82, 2.24) is 10.0 Å². The van der Waals surface area contributed by atoms with Crippen LogP contribution < -0.4 is 0 Å². The lowest BCUT2D eigenvalue weighted by atomic mass is 10.2. The molecule has 1 aliphatic rings. The topological polar surface area (TPSA) is 42.4 Å². The van der Waals surface area contributed by atoms with Gasteiger partial charge in [0.05, 0.1) is 7.11 Å². The largest absolute Gasteiger partial charge is 0.307 e. The number of aromatic nitrogens is 1. The molecule has 16 heavy (non-hydrogen) atoms. The first kappa shape index (κ1) is 14.7. The van der Waals surface area contributed by atoms with Crippen molar-refractivity contribution in [3.05, 3.63) is 30.1 Å². The Balaban J connectivity index is 0.000000280. The van der Waals surface area contributed by atoms with Crippen LogP contribution in [0.25, 0.3) is 0 Å². The second-order valence-electron chi connectivity index (χ2n) is 3.56. The van der Waals surface area contributed by atoms with E-state index in [0.717, 1.165) is 5.92 Å². The Labute approximate surface area is 97.2 Å². The molecule has 2 rings (SSSR count). The van der Waals surface area contributed by atoms with Gasteiger partial charge in [0.25, 0.3) is 0 Å². The van der Waals surface area contributed by atoms with Crippen molar-refractivity contribution >= 4 is 6.79 Å². The fourth-order valence-corrected chi connectivity index (χ4v) is 1.03. The van der Waals surface area contributed by atoms with Crippen LogP contribution in [-0.4, -0.2) is 38.0 Å². The number of hydrogen-bond acceptors (Lipinski definition) is 4. The zero-order valence-corrected chi connectivity index (χ0v) is 10.2. The highest BCUT2D eigenvalue weighted by Gasteiger charge is 2.22. The Kier molecular flexibility index (Phi) is 8.29. The number of rotatable bonds is 2. The van der Waals surface area contributed by atoms with E-state index in [4.69, 9.17) is 4.79 Å². The Bertz CT molecular complexity index is 261. The van der Waals surface area contributed by atoms with Gasteiger partial charge in [-0.3, -0.25) is 4.98 Å². The minimum absolute atomic E-state index is 0.846. The maximum absolute atomic E-state index is 8.00. The van der Waals surface area contributed by atoms with E-state index >= 15 is 0 Å². The molecule has 0 spiro atoms. The fourth-order valence-electron chi connectivity index (χ4n) is 1.03. The molecule has 1 aromatic heterocycles. The Morgan fingerprint density at radius 3 is 2.31 bits per heavy atom. The zero-order chi connectivity index (χ0) is 12.4. The van der Waals surface area contributed by atoms with Crippen LogP contribution in [0.15, 0.2) is 24.5 Å². The van der Waals surface area contributed by atoms with Gasteiger partial charge in [-0.05, 0) is 30.4 Å². The number of hydrogen-bond donors (Lipinski definition) is 0. The Morgan fingerprint density at radius 1 is 1.44 bits per heavy atom. The molecule has 0 amide bonds. The Morgan fingerprint density at radius 2 is 2.00 bits per heavy atom. The van der Waals surface area contributed by atoms with Crippen molar-refractivity contribution in [2.75, 3.05) is 21.2 Å². The van der Waals surface area contributed by atoms with Crippen LogP contribution in [0.1, 0.15) is 24.3 Å². The van der Waals surface area contributed by atoms with E-state index in [-0.39, 0.29) is 0 Å². The molecule has 0 aliphatic heterocycles. The lowest BCUT2D eigenvalue weighted by molar-refractivity contribution is -0.0980. The highest BCUT2D eigenvalue weighted by atomic mass is 16.7. The standard InChI is InChI=1S/C8H9N.C3H9NO.CH2O/c1-2-8(6-9-5-1)7-3-4-7;1-4(2)5-3;1-2/h1-2,5-7H,3-4H2;1-3H3;1H2. The van der Waals surface area contributed by atoms with Gasteiger partial charge in [0, 0.05) is 26.5 Å². The van der Waals surface area contributed by atoms with Gasteiger partial charge in [-0.1, -0.05) is 6.07 Å². The molecule has 0 radical (unpaired) electrons. The van der Waals surface area contributed by atoms with Crippen LogP contribution in [0, 0.1) is 0 Å². The van der Waals surface area contributed by atoms with E-state index in [9.17, 15) is 0 Å². The predicted octanol–water partition coefficient (Wildman–Crippen LogP) is 1.88. The van der Waals surface area contributed by atoms with Crippen molar-refractivity contribution < 1.29 is 9.63 Å². The van der Waals surface area contributed by atoms with Gasteiger partial charge in [-0.15, -0.1) is 0 Å². The molecule has 0 unspecified atom stereocenters. The van der Waals surface area contributed by atoms with Gasteiger partial charge in [0.15, 0.2) is 0 Å². The van der Waals surface area contributed by atoms with E-state index in [0.29, 0.717) is 0 Å². The van der Waals surface area contributed by atoms with Gasteiger partial charge in [-0.25, -0.2) is 0 Å². The molecule has 0 saturated heterocycles. The summed E-state index contributed by atoms with van der Waals surface area (Å²) in [6.45, 7) is 2.00. The molecule has 90 valence electrons. The summed E-state index contributed by atoms with van der Waals surface area (Å²) in [6.07, 6.45) is 6.53. The molecule has 0 bridgehead atoms. The normalized spacial score (nSPS) is 13.2. The van der Waals surface area contributed by atoms with Gasteiger partial charge in [0.2, 0.25) is 0 Å². The summed E-state index contributed by atoms with van der Waals surface area (Å²) in [7, 11) is 5.29. The molecule has 4 nitrogen and oxygen atoms in total. The zero-order valence-electron chi connectivity index (χ0n) is 10.2. The van der Waals surface area contributed by atoms with E-state index in [2.05, 4.69) is 15.9 Å². The summed E-state index contributed by atoms with van der Waals surface area (Å²) in [5, 5.41) is 1.62. The van der Waals surface area contributed by atoms with Crippen LogP contribution in [-0.2, 0) is 9.63 Å². The van der Waals surface area contributed by atoms with Crippen LogP contribution in [0.5, 0.6) is 0 Å². The molecular formula is C12H20N2O2. The lowest BCUT2D eigenvalue weighted by Gasteiger charge is -2.01. The molecule has 0 N–H and O–H groups in total. The first-order valence-electron chi connectivity index (χ1n) is 5.14. The average Bonchev–Trinajstić information content (AvgIpc) is 3.18. The average molecular weight is 224 g/mol. The molecule has 4 heteroatoms. The monoisotopic (exact) mass is 224 g/mol. The highest BCUT2D eigenvalue weighted by molar-refractivity contribution is 5.18. The number of hydroxylamine groups is 2. The summed E-state index contributed by atoms with van der Waals surface area (Å²) < 4.78 is 0. The van der Waals surface area contributed by atoms with Crippen LogP contribution in [0.3, 0.4) is 0 Å². The Hall–Kier alpha value is -1.26. The maximum atomic E-state index is 8.00. The van der Waals surface area contributed by atoms with Gasteiger partial charge in [-0.2, -0.15) is 5.06 Å². The third kappa shape index (κ3) is 7.09. The smallest absolute Gasteiger partial charge is 0.106 e. The van der Waals surface area contributed by atoms with Crippen molar-refractivity contribution in [1.29, 1.82) is 0 Å². The number of carbonyl (C=O) groups excluding carboxylic acids is 1. The molecule has 1 saturated carbocycles. The number of pyridine rings is 1. The molecule has 1 aromatic rings. The summed E-state index contributed by atoms with van der Waals surface area (Å²) in [5.41, 5.74) is 1.41. The van der Waals surface area contributed by atoms with E-state index < -0.39 is 0 Å². The quantitative estimate of drug-likeness (QED) is 0.719. The van der Waals surface area contributed by atoms with Crippen molar-refractivity contribution in [3.8, 4) is 0 Å². The summed E-state index contributed by atoms with van der Waals surface area (Å²) in [4.78, 5) is 16.6. The first-order valence-corrected chi connectivity index (χ1v) is 5.14. The predicted molar refractivity (Wildman–Crippen MR) is 64.0 cm³/mol. The highest BCUT2D eigenvalue weighted by Crippen LogP contribution is 2.39. The summed E-state index contributed by atoms with van der Waals surface area (Å²) in [5.74, 6) is 0.846. The molecule has 0 aromatic carbocycles. The van der Waals surface area contributed by atoms with E-state index in [1.165, 1.54) is 18.4 Å². The second-order valence-corrected chi connectivity index (χ2v) is 3.56. The van der Waals surface area contributed by atoms with Gasteiger partial charge >= 0.3 is 0 Å². The first-order chi connectivity index (χ1) is 7.74. The lowest BCUT2D eigenvalue weighted by Crippen LogP contribution is -2.07. The van der Waals surface area contributed by atoms with Crippen molar-refractivity contribution in [3.63, 3.8) is 0 Å².